The van der Waals surface area contributed by atoms with Crippen molar-refractivity contribution in [1.29, 1.82) is 0 Å². The molecule has 48 heavy (non-hydrogen) atoms. The van der Waals surface area contributed by atoms with Crippen LogP contribution in [0.5, 0.6) is 5.75 Å². The van der Waals surface area contributed by atoms with Gasteiger partial charge in [-0.15, -0.1) is 0 Å². The third kappa shape index (κ3) is 8.29. The molecule has 0 bridgehead atoms. The van der Waals surface area contributed by atoms with Crippen LogP contribution in [0.1, 0.15) is 47.9 Å². The molecule has 2 fully saturated rings. The number of hydrogen-bond acceptors (Lipinski definition) is 7. The number of aromatic hydroxyl groups is 1. The molecule has 0 spiro atoms. The van der Waals surface area contributed by atoms with Crippen molar-refractivity contribution in [3.8, 4) is 5.75 Å². The Kier molecular flexibility index (Phi) is 10.9. The van der Waals surface area contributed by atoms with Crippen molar-refractivity contribution in [2.45, 2.75) is 76.5 Å². The second-order valence-electron chi connectivity index (χ2n) is 12.8. The number of aryl methyl sites for hydroxylation is 2. The van der Waals surface area contributed by atoms with Gasteiger partial charge in [-0.3, -0.25) is 24.0 Å². The lowest BCUT2D eigenvalue weighted by Crippen LogP contribution is -2.58. The van der Waals surface area contributed by atoms with E-state index in [0.29, 0.717) is 25.8 Å². The van der Waals surface area contributed by atoms with E-state index < -0.39 is 53.7 Å². The molecule has 0 radical (unpaired) electrons. The first-order chi connectivity index (χ1) is 23.0. The molecule has 4 atom stereocenters. The molecule has 0 saturated carbocycles. The summed E-state index contributed by atoms with van der Waals surface area (Å²) in [7, 11) is 0. The minimum absolute atomic E-state index is 0.124. The molecule has 2 heterocycles. The lowest BCUT2D eigenvalue weighted by atomic mass is 9.95. The lowest BCUT2D eigenvalue weighted by molar-refractivity contribution is -0.142. The Hall–Kier alpha value is -4.97. The number of fused-ring (bicyclic) bond motifs is 2. The third-order valence-electron chi connectivity index (χ3n) is 9.20. The Morgan fingerprint density at radius 3 is 2.44 bits per heavy atom. The van der Waals surface area contributed by atoms with Gasteiger partial charge in [0.15, 0.2) is 0 Å². The van der Waals surface area contributed by atoms with Crippen molar-refractivity contribution in [2.75, 3.05) is 19.6 Å². The van der Waals surface area contributed by atoms with E-state index in [-0.39, 0.29) is 38.1 Å². The number of rotatable bonds is 6. The molecule has 5 amide bonds. The zero-order valence-corrected chi connectivity index (χ0v) is 27.4. The smallest absolute Gasteiger partial charge is 0.246 e. The SMILES string of the molecule is Cc1cc(O)cc(C)c1C[C@H](N)C(=O)N[C@H]1CCCNC(=O)CNC(=O)[C@H]2CCCN2C(=O)[C@H](Cc2ccc3ccccc3c2)NC1=O. The van der Waals surface area contributed by atoms with E-state index in [1.807, 2.05) is 56.3 Å². The van der Waals surface area contributed by atoms with Crippen molar-refractivity contribution >= 4 is 40.3 Å². The maximum Gasteiger partial charge on any atom is 0.246 e. The van der Waals surface area contributed by atoms with Crippen molar-refractivity contribution < 1.29 is 29.1 Å². The van der Waals surface area contributed by atoms with E-state index in [1.165, 1.54) is 4.90 Å². The molecule has 0 unspecified atom stereocenters. The van der Waals surface area contributed by atoms with Crippen LogP contribution in [-0.4, -0.2) is 83.3 Å². The second kappa shape index (κ2) is 15.3. The number of nitrogens with two attached hydrogens (primary N) is 1. The third-order valence-corrected chi connectivity index (χ3v) is 9.20. The van der Waals surface area contributed by atoms with Gasteiger partial charge in [-0.2, -0.15) is 0 Å². The highest BCUT2D eigenvalue weighted by atomic mass is 16.3. The molecular weight excluding hydrogens is 612 g/mol. The fourth-order valence-electron chi connectivity index (χ4n) is 6.61. The molecule has 12 nitrogen and oxygen atoms in total. The van der Waals surface area contributed by atoms with E-state index >= 15 is 0 Å². The predicted molar refractivity (Wildman–Crippen MR) is 181 cm³/mol. The van der Waals surface area contributed by atoms with Gasteiger partial charge in [0, 0.05) is 19.5 Å². The summed E-state index contributed by atoms with van der Waals surface area (Å²) in [5.74, 6) is -2.20. The van der Waals surface area contributed by atoms with Crippen LogP contribution < -0.4 is 27.0 Å². The summed E-state index contributed by atoms with van der Waals surface area (Å²) in [5, 5.41) is 23.0. The summed E-state index contributed by atoms with van der Waals surface area (Å²) < 4.78 is 0. The average molecular weight is 657 g/mol. The second-order valence-corrected chi connectivity index (χ2v) is 12.8. The Labute approximate surface area is 279 Å². The van der Waals surface area contributed by atoms with Crippen LogP contribution in [0, 0.1) is 13.8 Å². The lowest BCUT2D eigenvalue weighted by Gasteiger charge is -2.30. The van der Waals surface area contributed by atoms with E-state index in [0.717, 1.165) is 33.0 Å². The summed E-state index contributed by atoms with van der Waals surface area (Å²) >= 11 is 0. The highest BCUT2D eigenvalue weighted by molar-refractivity contribution is 5.96. The maximum atomic E-state index is 14.1. The number of phenols is 1. The minimum atomic E-state index is -1.05. The van der Waals surface area contributed by atoms with Crippen LogP contribution in [0.25, 0.3) is 10.8 Å². The van der Waals surface area contributed by atoms with E-state index in [9.17, 15) is 29.1 Å². The average Bonchev–Trinajstić information content (AvgIpc) is 3.55. The van der Waals surface area contributed by atoms with E-state index in [1.54, 1.807) is 12.1 Å². The van der Waals surface area contributed by atoms with Crippen molar-refractivity contribution in [2.24, 2.45) is 5.73 Å². The van der Waals surface area contributed by atoms with Crippen LogP contribution in [0.4, 0.5) is 0 Å². The van der Waals surface area contributed by atoms with Crippen LogP contribution >= 0.6 is 0 Å². The zero-order chi connectivity index (χ0) is 34.4. The number of amides is 5. The van der Waals surface area contributed by atoms with Gasteiger partial charge in [-0.05, 0) is 91.1 Å². The quantitative estimate of drug-likeness (QED) is 0.231. The van der Waals surface area contributed by atoms with E-state index in [4.69, 9.17) is 5.73 Å². The summed E-state index contributed by atoms with van der Waals surface area (Å²) in [4.78, 5) is 68.5. The Morgan fingerprint density at radius 2 is 1.69 bits per heavy atom. The van der Waals surface area contributed by atoms with Gasteiger partial charge >= 0.3 is 0 Å². The van der Waals surface area contributed by atoms with Gasteiger partial charge in [0.1, 0.15) is 23.9 Å². The highest BCUT2D eigenvalue weighted by Crippen LogP contribution is 2.23. The molecule has 2 saturated heterocycles. The predicted octanol–water partition coefficient (Wildman–Crippen LogP) is 1.26. The summed E-state index contributed by atoms with van der Waals surface area (Å²) in [6.07, 6.45) is 1.89. The van der Waals surface area contributed by atoms with Gasteiger partial charge in [0.25, 0.3) is 0 Å². The van der Waals surface area contributed by atoms with Crippen molar-refractivity contribution in [1.82, 2.24) is 26.2 Å². The van der Waals surface area contributed by atoms with Crippen LogP contribution in [0.2, 0.25) is 0 Å². The Bertz CT molecular complexity index is 1690. The number of nitrogens with zero attached hydrogens (tertiary/aromatic N) is 1. The number of hydrogen-bond donors (Lipinski definition) is 6. The summed E-state index contributed by atoms with van der Waals surface area (Å²) in [6, 6.07) is 13.1. The molecule has 12 heteroatoms. The molecule has 2 aliphatic rings. The first-order valence-corrected chi connectivity index (χ1v) is 16.5. The molecule has 0 aliphatic carbocycles. The zero-order valence-electron chi connectivity index (χ0n) is 27.4. The van der Waals surface area contributed by atoms with Gasteiger partial charge in [-0.25, -0.2) is 0 Å². The monoisotopic (exact) mass is 656 g/mol. The van der Waals surface area contributed by atoms with Crippen LogP contribution in [-0.2, 0) is 36.8 Å². The number of nitrogens with one attached hydrogen (secondary N) is 4. The fraction of sp³-hybridized carbons (Fsp3) is 0.417. The normalized spacial score (nSPS) is 21.7. The van der Waals surface area contributed by atoms with Crippen LogP contribution in [0.15, 0.2) is 54.6 Å². The van der Waals surface area contributed by atoms with Gasteiger partial charge in [-0.1, -0.05) is 42.5 Å². The fourth-order valence-corrected chi connectivity index (χ4v) is 6.61. The topological polar surface area (TPSA) is 183 Å². The molecule has 3 aromatic rings. The molecule has 5 rings (SSSR count). The molecule has 254 valence electrons. The first-order valence-electron chi connectivity index (χ1n) is 16.5. The minimum Gasteiger partial charge on any atom is -0.508 e. The molecule has 0 aromatic heterocycles. The van der Waals surface area contributed by atoms with Crippen molar-refractivity contribution in [3.05, 3.63) is 76.9 Å². The summed E-state index contributed by atoms with van der Waals surface area (Å²) in [5.41, 5.74) is 9.57. The number of benzene rings is 3. The number of phenolic OH excluding ortho intramolecular Hbond substituents is 1. The largest absolute Gasteiger partial charge is 0.508 e. The van der Waals surface area contributed by atoms with Crippen molar-refractivity contribution in [3.63, 3.8) is 0 Å². The Morgan fingerprint density at radius 1 is 0.958 bits per heavy atom. The maximum absolute atomic E-state index is 14.1. The number of carbonyl (C=O) groups excluding carboxylic acids is 5. The van der Waals surface area contributed by atoms with Gasteiger partial charge in [0.2, 0.25) is 29.5 Å². The van der Waals surface area contributed by atoms with Crippen LogP contribution in [0.3, 0.4) is 0 Å². The van der Waals surface area contributed by atoms with E-state index in [2.05, 4.69) is 21.3 Å². The van der Waals surface area contributed by atoms with Gasteiger partial charge < -0.3 is 37.0 Å². The molecule has 7 N–H and O–H groups in total. The summed E-state index contributed by atoms with van der Waals surface area (Å²) in [6.45, 7) is 3.96. The Balaban J connectivity index is 1.40. The molecular formula is C36H44N6O6. The number of carbonyl (C=O) groups is 5. The standard InChI is InChI=1S/C36H44N6O6/c1-21-15-26(43)16-22(2)27(21)19-28(37)33(45)40-29-9-5-13-38-32(44)20-39-35(47)31-10-6-14-42(31)36(48)30(41-34(29)46)18-23-11-12-24-7-3-4-8-25(24)17-23/h3-4,7-8,11-12,15-17,28-31,43H,5-6,9-10,13-14,18-20,37H2,1-2H3,(H,38,44)(H,39,47)(H,40,45)(H,41,46)/t28-,29-,30-,31+/m0/s1. The first kappa shape index (κ1) is 34.4. The molecule has 2 aliphatic heterocycles. The van der Waals surface area contributed by atoms with Gasteiger partial charge in [0.05, 0.1) is 12.6 Å². The highest BCUT2D eigenvalue weighted by Gasteiger charge is 2.39. The molecule has 3 aromatic carbocycles.